The van der Waals surface area contributed by atoms with Gasteiger partial charge in [-0.25, -0.2) is 4.98 Å². The van der Waals surface area contributed by atoms with Gasteiger partial charge in [0, 0.05) is 15.8 Å². The summed E-state index contributed by atoms with van der Waals surface area (Å²) in [5, 5.41) is 14.5. The summed E-state index contributed by atoms with van der Waals surface area (Å²) in [6.07, 6.45) is 4.09. The summed E-state index contributed by atoms with van der Waals surface area (Å²) < 4.78 is 0. The van der Waals surface area contributed by atoms with E-state index in [1.165, 1.54) is 4.88 Å². The van der Waals surface area contributed by atoms with Crippen LogP contribution in [0.1, 0.15) is 60.0 Å². The molecule has 1 amide bonds. The Kier molecular flexibility index (Phi) is 6.17. The first-order valence-electron chi connectivity index (χ1n) is 12.2. The topological polar surface area (TPSA) is 65.8 Å². The summed E-state index contributed by atoms with van der Waals surface area (Å²) in [4.78, 5) is 19.7. The zero-order chi connectivity index (χ0) is 24.6. The number of rotatable bonds is 5. The normalized spacial score (nSPS) is 15.4. The lowest BCUT2D eigenvalue weighted by atomic mass is 9.69. The number of nitriles is 1. The number of thiophene rings is 1. The van der Waals surface area contributed by atoms with Crippen molar-refractivity contribution in [2.24, 2.45) is 11.3 Å². The first-order valence-corrected chi connectivity index (χ1v) is 13.0. The zero-order valence-electron chi connectivity index (χ0n) is 20.4. The van der Waals surface area contributed by atoms with E-state index in [1.807, 2.05) is 60.7 Å². The van der Waals surface area contributed by atoms with Gasteiger partial charge < -0.3 is 5.32 Å². The fraction of sp³-hybridized carbons (Fsp3) is 0.300. The van der Waals surface area contributed by atoms with Crippen molar-refractivity contribution >= 4 is 33.1 Å². The molecule has 1 aliphatic rings. The maximum atomic E-state index is 13.6. The zero-order valence-corrected chi connectivity index (χ0v) is 21.2. The van der Waals surface area contributed by atoms with Crippen LogP contribution in [0.4, 0.5) is 5.00 Å². The predicted octanol–water partition coefficient (Wildman–Crippen LogP) is 7.63. The van der Waals surface area contributed by atoms with Crippen molar-refractivity contribution in [3.63, 3.8) is 0 Å². The summed E-state index contributed by atoms with van der Waals surface area (Å²) in [6, 6.07) is 21.8. The molecule has 0 aliphatic heterocycles. The molecule has 176 valence electrons. The molecule has 0 fully saturated rings. The molecule has 35 heavy (non-hydrogen) atoms. The summed E-state index contributed by atoms with van der Waals surface area (Å²) in [5.74, 6) is 0.382. The van der Waals surface area contributed by atoms with Crippen molar-refractivity contribution in [2.75, 3.05) is 5.32 Å². The number of benzene rings is 2. The van der Waals surface area contributed by atoms with Gasteiger partial charge in [-0.1, -0.05) is 75.7 Å². The second-order valence-electron chi connectivity index (χ2n) is 9.99. The summed E-state index contributed by atoms with van der Waals surface area (Å²) in [5.41, 5.74) is 5.07. The minimum absolute atomic E-state index is 0.207. The molecular formula is C30H29N3OS. The Labute approximate surface area is 210 Å². The molecule has 0 unspecified atom stereocenters. The van der Waals surface area contributed by atoms with Gasteiger partial charge in [0.2, 0.25) is 0 Å². The van der Waals surface area contributed by atoms with Crippen LogP contribution < -0.4 is 5.32 Å². The summed E-state index contributed by atoms with van der Waals surface area (Å²) in [6.45, 7) is 6.92. The number of carbonyl (C=O) groups excluding carboxylic acids is 1. The molecule has 0 bridgehead atoms. The van der Waals surface area contributed by atoms with Crippen LogP contribution in [0, 0.1) is 22.7 Å². The van der Waals surface area contributed by atoms with Gasteiger partial charge in [0.05, 0.1) is 22.3 Å². The third-order valence-corrected chi connectivity index (χ3v) is 8.82. The van der Waals surface area contributed by atoms with Crippen LogP contribution in [0.15, 0.2) is 60.7 Å². The molecule has 2 heterocycles. The number of fused-ring (bicyclic) bond motifs is 2. The van der Waals surface area contributed by atoms with Gasteiger partial charge in [-0.15, -0.1) is 11.3 Å². The molecule has 0 saturated heterocycles. The largest absolute Gasteiger partial charge is 0.312 e. The molecule has 0 radical (unpaired) electrons. The lowest BCUT2D eigenvalue weighted by molar-refractivity contribution is 0.102. The quantitative estimate of drug-likeness (QED) is 0.320. The van der Waals surface area contributed by atoms with E-state index in [9.17, 15) is 10.1 Å². The van der Waals surface area contributed by atoms with E-state index in [-0.39, 0.29) is 11.3 Å². The second kappa shape index (κ2) is 9.28. The number of hydrogen-bond donors (Lipinski definition) is 1. The Hall–Kier alpha value is -3.49. The van der Waals surface area contributed by atoms with Crippen LogP contribution in [0.5, 0.6) is 0 Å². The highest BCUT2D eigenvalue weighted by molar-refractivity contribution is 7.16. The highest BCUT2D eigenvalue weighted by atomic mass is 32.1. The summed E-state index contributed by atoms with van der Waals surface area (Å²) >= 11 is 1.58. The van der Waals surface area contributed by atoms with Crippen LogP contribution in [0.3, 0.4) is 0 Å². The lowest BCUT2D eigenvalue weighted by Gasteiger charge is -2.36. The molecular weight excluding hydrogens is 450 g/mol. The SMILES string of the molecule is CCC(C)(C)[C@@H]1CCc2c(sc(NC(=O)c3cc(-c4ccccc4)nc4ccccc34)c2C#N)C1. The van der Waals surface area contributed by atoms with Gasteiger partial charge in [0.1, 0.15) is 11.1 Å². The first kappa shape index (κ1) is 23.3. The van der Waals surface area contributed by atoms with Gasteiger partial charge in [-0.2, -0.15) is 5.26 Å². The second-order valence-corrected chi connectivity index (χ2v) is 11.1. The van der Waals surface area contributed by atoms with Crippen LogP contribution in [0.2, 0.25) is 0 Å². The highest BCUT2D eigenvalue weighted by Gasteiger charge is 2.34. The lowest BCUT2D eigenvalue weighted by Crippen LogP contribution is -2.28. The van der Waals surface area contributed by atoms with Crippen LogP contribution in [-0.2, 0) is 12.8 Å². The number of anilines is 1. The van der Waals surface area contributed by atoms with E-state index >= 15 is 0 Å². The average molecular weight is 480 g/mol. The Morgan fingerprint density at radius 3 is 2.66 bits per heavy atom. The van der Waals surface area contributed by atoms with Crippen LogP contribution in [-0.4, -0.2) is 10.9 Å². The first-order chi connectivity index (χ1) is 16.9. The molecule has 1 aliphatic carbocycles. The minimum atomic E-state index is -0.207. The number of para-hydroxylation sites is 1. The van der Waals surface area contributed by atoms with Gasteiger partial charge in [0.15, 0.2) is 0 Å². The van der Waals surface area contributed by atoms with Gasteiger partial charge in [0.25, 0.3) is 5.91 Å². The van der Waals surface area contributed by atoms with Crippen molar-refractivity contribution in [3.05, 3.63) is 82.2 Å². The number of hydrogen-bond acceptors (Lipinski definition) is 4. The van der Waals surface area contributed by atoms with Gasteiger partial charge >= 0.3 is 0 Å². The Morgan fingerprint density at radius 1 is 1.17 bits per heavy atom. The minimum Gasteiger partial charge on any atom is -0.312 e. The number of amides is 1. The molecule has 5 heteroatoms. The molecule has 0 spiro atoms. The molecule has 1 atom stereocenters. The van der Waals surface area contributed by atoms with Crippen molar-refractivity contribution in [2.45, 2.75) is 46.5 Å². The fourth-order valence-electron chi connectivity index (χ4n) is 5.04. The average Bonchev–Trinajstić information content (AvgIpc) is 3.24. The highest BCUT2D eigenvalue weighted by Crippen LogP contribution is 2.45. The summed E-state index contributed by atoms with van der Waals surface area (Å²) in [7, 11) is 0. The predicted molar refractivity (Wildman–Crippen MR) is 144 cm³/mol. The smallest absolute Gasteiger partial charge is 0.257 e. The fourth-order valence-corrected chi connectivity index (χ4v) is 6.31. The molecule has 4 aromatic rings. The number of nitrogens with zero attached hydrogens (tertiary/aromatic N) is 2. The van der Waals surface area contributed by atoms with E-state index in [1.54, 1.807) is 11.3 Å². The molecule has 2 aromatic carbocycles. The number of pyridine rings is 1. The van der Waals surface area contributed by atoms with Gasteiger partial charge in [-0.05, 0) is 48.3 Å². The maximum Gasteiger partial charge on any atom is 0.257 e. The number of aromatic nitrogens is 1. The van der Waals surface area contributed by atoms with E-state index in [0.717, 1.165) is 53.4 Å². The molecule has 1 N–H and O–H groups in total. The van der Waals surface area contributed by atoms with Crippen LogP contribution in [0.25, 0.3) is 22.2 Å². The van der Waals surface area contributed by atoms with E-state index in [4.69, 9.17) is 4.98 Å². The van der Waals surface area contributed by atoms with Gasteiger partial charge in [-0.3, -0.25) is 4.79 Å². The number of nitrogens with one attached hydrogen (secondary N) is 1. The Morgan fingerprint density at radius 2 is 1.91 bits per heavy atom. The van der Waals surface area contributed by atoms with Crippen molar-refractivity contribution in [1.82, 2.24) is 4.98 Å². The van der Waals surface area contributed by atoms with E-state index < -0.39 is 0 Å². The molecule has 5 rings (SSSR count). The molecule has 2 aromatic heterocycles. The van der Waals surface area contributed by atoms with E-state index in [2.05, 4.69) is 32.2 Å². The standard InChI is InChI=1S/C30H29N3OS/c1-4-30(2,3)20-14-15-22-24(18-31)29(35-27(22)16-20)33-28(34)23-17-26(19-10-6-5-7-11-19)32-25-13-9-8-12-21(23)25/h5-13,17,20H,4,14-16H2,1-3H3,(H,33,34)/t20-/m1/s1. The van der Waals surface area contributed by atoms with Crippen molar-refractivity contribution < 1.29 is 4.79 Å². The molecule has 0 saturated carbocycles. The molecule has 4 nitrogen and oxygen atoms in total. The van der Waals surface area contributed by atoms with E-state index in [0.29, 0.717) is 22.0 Å². The third kappa shape index (κ3) is 4.35. The maximum absolute atomic E-state index is 13.6. The van der Waals surface area contributed by atoms with Crippen molar-refractivity contribution in [3.8, 4) is 17.3 Å². The van der Waals surface area contributed by atoms with Crippen LogP contribution >= 0.6 is 11.3 Å². The Bertz CT molecular complexity index is 1450. The monoisotopic (exact) mass is 479 g/mol. The Balaban J connectivity index is 1.51. The third-order valence-electron chi connectivity index (χ3n) is 7.65. The number of carbonyl (C=O) groups is 1. The van der Waals surface area contributed by atoms with Crippen molar-refractivity contribution in [1.29, 1.82) is 5.26 Å².